The molecule has 2 N–H and O–H groups in total. The van der Waals surface area contributed by atoms with Crippen molar-refractivity contribution in [1.82, 2.24) is 15.3 Å². The second-order valence-electron chi connectivity index (χ2n) is 3.60. The Balaban J connectivity index is 1.91. The van der Waals surface area contributed by atoms with Gasteiger partial charge in [-0.25, -0.2) is 9.97 Å². The van der Waals surface area contributed by atoms with Crippen molar-refractivity contribution in [2.75, 3.05) is 18.4 Å². The molecule has 0 bridgehead atoms. The number of anilines is 1. The highest BCUT2D eigenvalue weighted by atomic mass is 16.2. The van der Waals surface area contributed by atoms with Crippen LogP contribution in [0.5, 0.6) is 0 Å². The van der Waals surface area contributed by atoms with E-state index >= 15 is 0 Å². The Morgan fingerprint density at radius 1 is 1.47 bits per heavy atom. The topological polar surface area (TPSA) is 66.9 Å². The number of nitrogens with one attached hydrogen (secondary N) is 2. The molecule has 1 aromatic rings. The lowest BCUT2D eigenvalue weighted by Gasteiger charge is -2.21. The van der Waals surface area contributed by atoms with Gasteiger partial charge >= 0.3 is 0 Å². The number of hydrogen-bond donors (Lipinski definition) is 2. The number of hydrogen-bond acceptors (Lipinski definition) is 4. The van der Waals surface area contributed by atoms with Crippen molar-refractivity contribution in [3.63, 3.8) is 0 Å². The summed E-state index contributed by atoms with van der Waals surface area (Å²) in [6, 6.07) is 1.72. The largest absolute Gasteiger partial charge is 0.316 e. The maximum Gasteiger partial charge on any atom is 0.231 e. The Bertz CT molecular complexity index is 321. The van der Waals surface area contributed by atoms with E-state index in [2.05, 4.69) is 20.6 Å². The number of amides is 1. The summed E-state index contributed by atoms with van der Waals surface area (Å²) in [4.78, 5) is 19.6. The van der Waals surface area contributed by atoms with Crippen LogP contribution in [0.3, 0.4) is 0 Å². The maximum atomic E-state index is 11.7. The van der Waals surface area contributed by atoms with Crippen LogP contribution in [0.25, 0.3) is 0 Å². The van der Waals surface area contributed by atoms with Crippen molar-refractivity contribution in [2.24, 2.45) is 5.92 Å². The lowest BCUT2D eigenvalue weighted by molar-refractivity contribution is -0.120. The molecule has 15 heavy (non-hydrogen) atoms. The van der Waals surface area contributed by atoms with Gasteiger partial charge in [0.15, 0.2) is 0 Å². The molecule has 0 aliphatic carbocycles. The number of carbonyl (C=O) groups is 1. The van der Waals surface area contributed by atoms with Gasteiger partial charge in [-0.05, 0) is 25.5 Å². The van der Waals surface area contributed by atoms with Gasteiger partial charge in [-0.3, -0.25) is 10.1 Å². The van der Waals surface area contributed by atoms with E-state index in [9.17, 15) is 4.79 Å². The fourth-order valence-electron chi connectivity index (χ4n) is 1.65. The van der Waals surface area contributed by atoms with Gasteiger partial charge in [0.1, 0.15) is 0 Å². The van der Waals surface area contributed by atoms with Crippen molar-refractivity contribution in [3.05, 3.63) is 18.5 Å². The Labute approximate surface area is 88.3 Å². The SMILES string of the molecule is O=C(Nc1ncccn1)C1CCCNC1. The zero-order valence-electron chi connectivity index (χ0n) is 8.44. The third-order valence-corrected chi connectivity index (χ3v) is 2.47. The fraction of sp³-hybridized carbons (Fsp3) is 0.500. The number of aromatic nitrogens is 2. The minimum atomic E-state index is 0.00778. The molecular weight excluding hydrogens is 192 g/mol. The van der Waals surface area contributed by atoms with Gasteiger partial charge in [0.2, 0.25) is 11.9 Å². The predicted octanol–water partition coefficient (Wildman–Crippen LogP) is 0.415. The molecule has 0 saturated carbocycles. The molecule has 1 amide bonds. The zero-order chi connectivity index (χ0) is 10.5. The Morgan fingerprint density at radius 2 is 2.27 bits per heavy atom. The van der Waals surface area contributed by atoms with E-state index in [0.29, 0.717) is 5.95 Å². The lowest BCUT2D eigenvalue weighted by Crippen LogP contribution is -2.37. The van der Waals surface area contributed by atoms with Crippen LogP contribution in [0.2, 0.25) is 0 Å². The van der Waals surface area contributed by atoms with Crippen LogP contribution in [0.4, 0.5) is 5.95 Å². The van der Waals surface area contributed by atoms with Gasteiger partial charge in [0.25, 0.3) is 0 Å². The van der Waals surface area contributed by atoms with Gasteiger partial charge in [-0.2, -0.15) is 0 Å². The van der Waals surface area contributed by atoms with E-state index in [1.807, 2.05) is 0 Å². The van der Waals surface area contributed by atoms with Gasteiger partial charge in [0.05, 0.1) is 5.92 Å². The highest BCUT2D eigenvalue weighted by Gasteiger charge is 2.21. The first kappa shape index (κ1) is 10.0. The molecule has 2 heterocycles. The first-order valence-corrected chi connectivity index (χ1v) is 5.15. The van der Waals surface area contributed by atoms with E-state index < -0.39 is 0 Å². The van der Waals surface area contributed by atoms with Crippen molar-refractivity contribution in [3.8, 4) is 0 Å². The second kappa shape index (κ2) is 4.84. The van der Waals surface area contributed by atoms with Crippen LogP contribution in [-0.2, 0) is 4.79 Å². The third-order valence-electron chi connectivity index (χ3n) is 2.47. The summed E-state index contributed by atoms with van der Waals surface area (Å²) in [5.74, 6) is 0.434. The molecule has 5 nitrogen and oxygen atoms in total. The summed E-state index contributed by atoms with van der Waals surface area (Å²) in [7, 11) is 0. The normalized spacial score (nSPS) is 20.9. The monoisotopic (exact) mass is 206 g/mol. The number of carbonyl (C=O) groups excluding carboxylic acids is 1. The van der Waals surface area contributed by atoms with Crippen molar-refractivity contribution in [2.45, 2.75) is 12.8 Å². The number of nitrogens with zero attached hydrogens (tertiary/aromatic N) is 2. The maximum absolute atomic E-state index is 11.7. The molecular formula is C10H14N4O. The first-order valence-electron chi connectivity index (χ1n) is 5.15. The summed E-state index contributed by atoms with van der Waals surface area (Å²) in [6.07, 6.45) is 5.21. The highest BCUT2D eigenvalue weighted by molar-refractivity contribution is 5.91. The minimum Gasteiger partial charge on any atom is -0.316 e. The van der Waals surface area contributed by atoms with Crippen molar-refractivity contribution in [1.29, 1.82) is 0 Å². The van der Waals surface area contributed by atoms with E-state index in [1.54, 1.807) is 18.5 Å². The molecule has 1 unspecified atom stereocenters. The Hall–Kier alpha value is -1.49. The molecule has 1 aliphatic heterocycles. The molecule has 5 heteroatoms. The summed E-state index contributed by atoms with van der Waals surface area (Å²) in [5.41, 5.74) is 0. The number of rotatable bonds is 2. The van der Waals surface area contributed by atoms with E-state index in [1.165, 1.54) is 0 Å². The average molecular weight is 206 g/mol. The number of piperidine rings is 1. The molecule has 1 atom stereocenters. The molecule has 0 spiro atoms. The summed E-state index contributed by atoms with van der Waals surface area (Å²) in [6.45, 7) is 1.75. The molecule has 1 aromatic heterocycles. The summed E-state index contributed by atoms with van der Waals surface area (Å²) < 4.78 is 0. The molecule has 1 fully saturated rings. The molecule has 1 aliphatic rings. The van der Waals surface area contributed by atoms with Crippen LogP contribution in [0, 0.1) is 5.92 Å². The fourth-order valence-corrected chi connectivity index (χ4v) is 1.65. The molecule has 80 valence electrons. The standard InChI is InChI=1S/C10H14N4O/c15-9(8-3-1-4-11-7-8)14-10-12-5-2-6-13-10/h2,5-6,8,11H,1,3-4,7H2,(H,12,13,14,15). The zero-order valence-corrected chi connectivity index (χ0v) is 8.44. The molecule has 0 radical (unpaired) electrons. The van der Waals surface area contributed by atoms with Crippen LogP contribution in [0.15, 0.2) is 18.5 Å². The molecule has 1 saturated heterocycles. The van der Waals surface area contributed by atoms with Crippen molar-refractivity contribution >= 4 is 11.9 Å². The van der Waals surface area contributed by atoms with Crippen LogP contribution in [-0.4, -0.2) is 29.0 Å². The van der Waals surface area contributed by atoms with Crippen LogP contribution >= 0.6 is 0 Å². The van der Waals surface area contributed by atoms with E-state index in [-0.39, 0.29) is 11.8 Å². The third kappa shape index (κ3) is 2.73. The van der Waals surface area contributed by atoms with E-state index in [0.717, 1.165) is 25.9 Å². The van der Waals surface area contributed by atoms with Crippen molar-refractivity contribution < 1.29 is 4.79 Å². The Kier molecular flexibility index (Phi) is 3.24. The smallest absolute Gasteiger partial charge is 0.231 e. The van der Waals surface area contributed by atoms with Gasteiger partial charge in [-0.1, -0.05) is 0 Å². The van der Waals surface area contributed by atoms with Gasteiger partial charge in [-0.15, -0.1) is 0 Å². The minimum absolute atomic E-state index is 0.00778. The first-order chi connectivity index (χ1) is 7.36. The summed E-state index contributed by atoms with van der Waals surface area (Å²) in [5, 5.41) is 5.91. The summed E-state index contributed by atoms with van der Waals surface area (Å²) >= 11 is 0. The second-order valence-corrected chi connectivity index (χ2v) is 3.60. The van der Waals surface area contributed by atoms with Gasteiger partial charge < -0.3 is 5.32 Å². The van der Waals surface area contributed by atoms with Crippen LogP contribution < -0.4 is 10.6 Å². The van der Waals surface area contributed by atoms with Crippen LogP contribution in [0.1, 0.15) is 12.8 Å². The highest BCUT2D eigenvalue weighted by Crippen LogP contribution is 2.11. The van der Waals surface area contributed by atoms with E-state index in [4.69, 9.17) is 0 Å². The molecule has 0 aromatic carbocycles. The lowest BCUT2D eigenvalue weighted by atomic mass is 9.99. The predicted molar refractivity (Wildman–Crippen MR) is 56.3 cm³/mol. The average Bonchev–Trinajstić information content (AvgIpc) is 2.31. The quantitative estimate of drug-likeness (QED) is 0.735. The Morgan fingerprint density at radius 3 is 2.93 bits per heavy atom. The van der Waals surface area contributed by atoms with Gasteiger partial charge in [0, 0.05) is 18.9 Å². The molecule has 2 rings (SSSR count).